The van der Waals surface area contributed by atoms with Crippen LogP contribution in [0.2, 0.25) is 0 Å². The van der Waals surface area contributed by atoms with Gasteiger partial charge in [0.05, 0.1) is 39.8 Å². The van der Waals surface area contributed by atoms with Crippen LogP contribution in [0, 0.1) is 0 Å². The van der Waals surface area contributed by atoms with Crippen LogP contribution >= 0.6 is 0 Å². The molecular weight excluding hydrogens is 454 g/mol. The number of rotatable bonds is 11. The van der Waals surface area contributed by atoms with E-state index < -0.39 is 27.3 Å². The monoisotopic (exact) mass is 481 g/mol. The van der Waals surface area contributed by atoms with E-state index in [9.17, 15) is 23.4 Å². The van der Waals surface area contributed by atoms with E-state index in [1.807, 2.05) is 0 Å². The van der Waals surface area contributed by atoms with Crippen molar-refractivity contribution in [1.29, 1.82) is 0 Å². The van der Waals surface area contributed by atoms with Crippen LogP contribution in [-0.2, 0) is 26.2 Å². The van der Waals surface area contributed by atoms with Gasteiger partial charge in [0.25, 0.3) is 0 Å². The summed E-state index contributed by atoms with van der Waals surface area (Å²) in [6.45, 7) is 1.09. The summed E-state index contributed by atoms with van der Waals surface area (Å²) in [5.41, 5.74) is -1.58. The number of carboxylic acids is 1. The summed E-state index contributed by atoms with van der Waals surface area (Å²) < 4.78 is 48.5. The third-order valence-electron chi connectivity index (χ3n) is 4.81. The van der Waals surface area contributed by atoms with E-state index in [-0.39, 0.29) is 16.9 Å². The maximum Gasteiger partial charge on any atom is 0.340 e. The predicted octanol–water partition coefficient (Wildman–Crippen LogP) is 2.10. The highest BCUT2D eigenvalue weighted by Crippen LogP contribution is 2.35. The molecule has 180 valence electrons. The molecule has 2 rings (SSSR count). The standard InChI is InChI=1S/C22H27NO9S/c1-22(26,21(24)25)17-10-14(6-7-18(17)30-3)13-33(27,28)23-9-8-16-19(31-4)11-15(29-2)12-20(16)32-5/h6-12,23,26H,13H2,1-5H3,(H,24,25)/b9-8+. The predicted molar refractivity (Wildman–Crippen MR) is 121 cm³/mol. The maximum atomic E-state index is 12.6. The zero-order valence-electron chi connectivity index (χ0n) is 18.9. The molecule has 3 N–H and O–H groups in total. The summed E-state index contributed by atoms with van der Waals surface area (Å²) in [5.74, 6) is -0.510. The Hall–Kier alpha value is -3.44. The lowest BCUT2D eigenvalue weighted by atomic mass is 9.94. The Labute approximate surface area is 192 Å². The number of aliphatic carboxylic acids is 1. The molecule has 0 bridgehead atoms. The normalized spacial score (nSPS) is 13.3. The van der Waals surface area contributed by atoms with Crippen LogP contribution in [-0.4, -0.2) is 53.0 Å². The molecule has 0 saturated heterocycles. The molecule has 0 radical (unpaired) electrons. The van der Waals surface area contributed by atoms with Gasteiger partial charge in [-0.05, 0) is 30.7 Å². The van der Waals surface area contributed by atoms with Crippen LogP contribution in [0.25, 0.3) is 6.08 Å². The van der Waals surface area contributed by atoms with Crippen molar-refractivity contribution in [3.05, 3.63) is 53.2 Å². The highest BCUT2D eigenvalue weighted by Gasteiger charge is 2.35. The van der Waals surface area contributed by atoms with Crippen molar-refractivity contribution in [2.75, 3.05) is 28.4 Å². The van der Waals surface area contributed by atoms with Gasteiger partial charge in [-0.25, -0.2) is 13.2 Å². The van der Waals surface area contributed by atoms with Crippen molar-refractivity contribution in [2.24, 2.45) is 0 Å². The molecule has 1 unspecified atom stereocenters. The lowest BCUT2D eigenvalue weighted by Crippen LogP contribution is -2.32. The minimum atomic E-state index is -3.87. The lowest BCUT2D eigenvalue weighted by molar-refractivity contribution is -0.157. The van der Waals surface area contributed by atoms with E-state index in [1.54, 1.807) is 12.1 Å². The van der Waals surface area contributed by atoms with E-state index in [1.165, 1.54) is 58.9 Å². The average molecular weight is 482 g/mol. The molecule has 1 atom stereocenters. The number of aliphatic hydroxyl groups is 1. The van der Waals surface area contributed by atoms with Gasteiger partial charge < -0.3 is 29.2 Å². The Morgan fingerprint density at radius 2 is 1.58 bits per heavy atom. The fourth-order valence-corrected chi connectivity index (χ4v) is 4.00. The number of carbonyl (C=O) groups is 1. The van der Waals surface area contributed by atoms with Crippen molar-refractivity contribution in [2.45, 2.75) is 18.3 Å². The van der Waals surface area contributed by atoms with E-state index in [0.717, 1.165) is 6.92 Å². The molecule has 0 spiro atoms. The molecule has 33 heavy (non-hydrogen) atoms. The largest absolute Gasteiger partial charge is 0.496 e. The molecule has 11 heteroatoms. The van der Waals surface area contributed by atoms with Crippen molar-refractivity contribution in [3.63, 3.8) is 0 Å². The minimum absolute atomic E-state index is 0.0616. The molecule has 0 amide bonds. The quantitative estimate of drug-likeness (QED) is 0.440. The summed E-state index contributed by atoms with van der Waals surface area (Å²) in [5, 5.41) is 19.6. The smallest absolute Gasteiger partial charge is 0.340 e. The maximum absolute atomic E-state index is 12.6. The zero-order valence-corrected chi connectivity index (χ0v) is 19.7. The first-order valence-electron chi connectivity index (χ1n) is 9.58. The molecule has 0 heterocycles. The van der Waals surface area contributed by atoms with Gasteiger partial charge >= 0.3 is 5.97 Å². The van der Waals surface area contributed by atoms with Crippen LogP contribution < -0.4 is 23.7 Å². The van der Waals surface area contributed by atoms with Gasteiger partial charge in [-0.3, -0.25) is 4.72 Å². The Morgan fingerprint density at radius 1 is 1.00 bits per heavy atom. The minimum Gasteiger partial charge on any atom is -0.496 e. The first-order chi connectivity index (χ1) is 15.5. The van der Waals surface area contributed by atoms with Crippen LogP contribution in [0.15, 0.2) is 36.5 Å². The number of nitrogens with one attached hydrogen (secondary N) is 1. The molecule has 0 aliphatic rings. The lowest BCUT2D eigenvalue weighted by Gasteiger charge is -2.22. The van der Waals surface area contributed by atoms with Crippen molar-refractivity contribution < 1.29 is 42.4 Å². The molecule has 0 aromatic heterocycles. The molecule has 0 fully saturated rings. The average Bonchev–Trinajstić information content (AvgIpc) is 2.78. The molecule has 0 saturated carbocycles. The Morgan fingerprint density at radius 3 is 2.06 bits per heavy atom. The van der Waals surface area contributed by atoms with Crippen molar-refractivity contribution in [1.82, 2.24) is 4.72 Å². The van der Waals surface area contributed by atoms with E-state index in [2.05, 4.69) is 4.72 Å². The van der Waals surface area contributed by atoms with Gasteiger partial charge in [0.15, 0.2) is 5.60 Å². The molecule has 10 nitrogen and oxygen atoms in total. The first kappa shape index (κ1) is 25.8. The molecule has 2 aromatic carbocycles. The zero-order chi connectivity index (χ0) is 24.8. The summed E-state index contributed by atoms with van der Waals surface area (Å²) in [4.78, 5) is 11.4. The van der Waals surface area contributed by atoms with Crippen molar-refractivity contribution in [3.8, 4) is 23.0 Å². The summed E-state index contributed by atoms with van der Waals surface area (Å²) in [6, 6.07) is 7.42. The third kappa shape index (κ3) is 6.08. The summed E-state index contributed by atoms with van der Waals surface area (Å²) in [6.07, 6.45) is 2.70. The highest BCUT2D eigenvalue weighted by atomic mass is 32.2. The van der Waals surface area contributed by atoms with Crippen LogP contribution in [0.1, 0.15) is 23.6 Å². The van der Waals surface area contributed by atoms with Crippen LogP contribution in [0.5, 0.6) is 23.0 Å². The number of carboxylic acid groups (broad SMARTS) is 1. The number of benzene rings is 2. The molecule has 0 aliphatic carbocycles. The Kier molecular flexibility index (Phi) is 8.18. The number of hydrogen-bond acceptors (Lipinski definition) is 8. The number of hydrogen-bond donors (Lipinski definition) is 3. The highest BCUT2D eigenvalue weighted by molar-refractivity contribution is 7.88. The molecule has 2 aromatic rings. The summed E-state index contributed by atoms with van der Waals surface area (Å²) in [7, 11) is 1.87. The Bertz CT molecular complexity index is 1120. The molecular formula is C22H27NO9S. The van der Waals surface area contributed by atoms with Crippen LogP contribution in [0.4, 0.5) is 0 Å². The SMILES string of the molecule is COc1cc(OC)c(/C=C/NS(=O)(=O)Cc2ccc(OC)c(C(C)(O)C(=O)O)c2)c(OC)c1. The Balaban J connectivity index is 2.29. The molecule has 0 aliphatic heterocycles. The van der Waals surface area contributed by atoms with Gasteiger partial charge in [-0.15, -0.1) is 0 Å². The van der Waals surface area contributed by atoms with Gasteiger partial charge in [0, 0.05) is 23.9 Å². The van der Waals surface area contributed by atoms with E-state index in [0.29, 0.717) is 22.8 Å². The van der Waals surface area contributed by atoms with Gasteiger partial charge in [0.2, 0.25) is 10.0 Å². The fourth-order valence-electron chi connectivity index (χ4n) is 3.02. The van der Waals surface area contributed by atoms with E-state index in [4.69, 9.17) is 18.9 Å². The summed E-state index contributed by atoms with van der Waals surface area (Å²) >= 11 is 0. The first-order valence-corrected chi connectivity index (χ1v) is 11.2. The van der Waals surface area contributed by atoms with Gasteiger partial charge in [-0.2, -0.15) is 0 Å². The topological polar surface area (TPSA) is 141 Å². The number of sulfonamides is 1. The van der Waals surface area contributed by atoms with Crippen molar-refractivity contribution >= 4 is 22.1 Å². The van der Waals surface area contributed by atoms with Gasteiger partial charge in [-0.1, -0.05) is 6.07 Å². The van der Waals surface area contributed by atoms with E-state index >= 15 is 0 Å². The third-order valence-corrected chi connectivity index (χ3v) is 6.02. The number of methoxy groups -OCH3 is 4. The second-order valence-corrected chi connectivity index (χ2v) is 8.82. The van der Waals surface area contributed by atoms with Crippen LogP contribution in [0.3, 0.4) is 0 Å². The van der Waals surface area contributed by atoms with Gasteiger partial charge in [0.1, 0.15) is 23.0 Å². The fraction of sp³-hybridized carbons (Fsp3) is 0.318. The number of ether oxygens (including phenoxy) is 4. The second-order valence-electron chi connectivity index (χ2n) is 7.07. The second kappa shape index (κ2) is 10.5.